The largest absolute Gasteiger partial charge is 0.497 e. The maximum absolute atomic E-state index is 14.9. The molecular weight excluding hydrogens is 608 g/mol. The number of Topliss-reactive ketones (excluding diaryl/α,β-unsaturated/α-hetero) is 2. The lowest BCUT2D eigenvalue weighted by atomic mass is 9.64. The number of fused-ring (bicyclic) bond motifs is 6. The highest BCUT2D eigenvalue weighted by atomic mass is 79.9. The van der Waals surface area contributed by atoms with E-state index in [4.69, 9.17) is 9.47 Å². The van der Waals surface area contributed by atoms with Crippen molar-refractivity contribution in [3.8, 4) is 11.5 Å². The van der Waals surface area contributed by atoms with Gasteiger partial charge in [0.25, 0.3) is 0 Å². The minimum atomic E-state index is -1.38. The SMILES string of the molecule is COc1cc(OC)cc(C(=O)[C@@H]2[C@H](C(=O)c3ccc(Br)cc3)[C@@]3(C(=O)Nc4ccccc43)[C@H]3C=Cc4ccccc4N23)c1. The smallest absolute Gasteiger partial charge is 0.238 e. The van der Waals surface area contributed by atoms with Gasteiger partial charge in [0.15, 0.2) is 11.6 Å². The maximum atomic E-state index is 14.9. The molecule has 0 aliphatic carbocycles. The van der Waals surface area contributed by atoms with Crippen LogP contribution in [0.4, 0.5) is 11.4 Å². The van der Waals surface area contributed by atoms with Crippen molar-refractivity contribution in [2.75, 3.05) is 24.4 Å². The van der Waals surface area contributed by atoms with Gasteiger partial charge in [-0.2, -0.15) is 0 Å². The third-order valence-electron chi connectivity index (χ3n) is 8.86. The molecule has 8 heteroatoms. The van der Waals surface area contributed by atoms with Crippen molar-refractivity contribution in [2.45, 2.75) is 17.5 Å². The molecule has 7 rings (SSSR count). The van der Waals surface area contributed by atoms with Gasteiger partial charge in [-0.25, -0.2) is 0 Å². The summed E-state index contributed by atoms with van der Waals surface area (Å²) in [7, 11) is 3.05. The lowest BCUT2D eigenvalue weighted by Crippen LogP contribution is -2.51. The molecular formula is C35H27BrN2O5. The third kappa shape index (κ3) is 3.97. The highest BCUT2D eigenvalue weighted by molar-refractivity contribution is 9.10. The summed E-state index contributed by atoms with van der Waals surface area (Å²) in [5, 5.41) is 3.06. The highest BCUT2D eigenvalue weighted by Crippen LogP contribution is 2.58. The molecule has 4 atom stereocenters. The molecule has 1 fully saturated rings. The second kappa shape index (κ2) is 10.2. The van der Waals surface area contributed by atoms with Crippen molar-refractivity contribution in [1.29, 1.82) is 0 Å². The average Bonchev–Trinajstić information content (AvgIpc) is 3.52. The van der Waals surface area contributed by atoms with E-state index >= 15 is 0 Å². The van der Waals surface area contributed by atoms with Crippen LogP contribution in [0.5, 0.6) is 11.5 Å². The van der Waals surface area contributed by atoms with Gasteiger partial charge < -0.3 is 19.7 Å². The van der Waals surface area contributed by atoms with Gasteiger partial charge >= 0.3 is 0 Å². The number of anilines is 2. The number of carbonyl (C=O) groups is 3. The average molecular weight is 636 g/mol. The molecule has 3 heterocycles. The number of benzene rings is 4. The summed E-state index contributed by atoms with van der Waals surface area (Å²) in [6.45, 7) is 0. The number of hydrogen-bond donors (Lipinski definition) is 1. The number of amides is 1. The minimum Gasteiger partial charge on any atom is -0.497 e. The van der Waals surface area contributed by atoms with Gasteiger partial charge in [0.05, 0.1) is 26.2 Å². The van der Waals surface area contributed by atoms with Crippen molar-refractivity contribution < 1.29 is 23.9 Å². The van der Waals surface area contributed by atoms with Gasteiger partial charge in [-0.15, -0.1) is 0 Å². The van der Waals surface area contributed by atoms with Crippen molar-refractivity contribution in [1.82, 2.24) is 0 Å². The van der Waals surface area contributed by atoms with E-state index in [9.17, 15) is 14.4 Å². The molecule has 0 radical (unpaired) electrons. The van der Waals surface area contributed by atoms with Crippen molar-refractivity contribution in [3.63, 3.8) is 0 Å². The number of para-hydroxylation sites is 2. The Balaban J connectivity index is 1.53. The lowest BCUT2D eigenvalue weighted by Gasteiger charge is -2.37. The van der Waals surface area contributed by atoms with Crippen LogP contribution in [-0.2, 0) is 10.2 Å². The van der Waals surface area contributed by atoms with Crippen LogP contribution in [0.1, 0.15) is 31.8 Å². The molecule has 214 valence electrons. The van der Waals surface area contributed by atoms with E-state index in [2.05, 4.69) is 21.2 Å². The summed E-state index contributed by atoms with van der Waals surface area (Å²) in [5.41, 5.74) is 2.39. The number of hydrogen-bond acceptors (Lipinski definition) is 6. The van der Waals surface area contributed by atoms with Crippen LogP contribution in [0.3, 0.4) is 0 Å². The number of carbonyl (C=O) groups excluding carboxylic acids is 3. The summed E-state index contributed by atoms with van der Waals surface area (Å²) in [6.07, 6.45) is 3.94. The molecule has 3 aliphatic rings. The number of nitrogens with one attached hydrogen (secondary N) is 1. The van der Waals surface area contributed by atoms with E-state index in [1.165, 1.54) is 14.2 Å². The van der Waals surface area contributed by atoms with Crippen LogP contribution in [-0.4, -0.2) is 43.8 Å². The van der Waals surface area contributed by atoms with E-state index < -0.39 is 23.4 Å². The Morgan fingerprint density at radius 3 is 2.23 bits per heavy atom. The van der Waals surface area contributed by atoms with Gasteiger partial charge in [-0.05, 0) is 47.5 Å². The van der Waals surface area contributed by atoms with E-state index in [-0.39, 0.29) is 17.5 Å². The van der Waals surface area contributed by atoms with Gasteiger partial charge in [0.1, 0.15) is 23.0 Å². The van der Waals surface area contributed by atoms with Crippen molar-refractivity contribution >= 4 is 50.9 Å². The first-order chi connectivity index (χ1) is 20.9. The quantitative estimate of drug-likeness (QED) is 0.250. The maximum Gasteiger partial charge on any atom is 0.238 e. The molecule has 1 saturated heterocycles. The molecule has 7 nitrogen and oxygen atoms in total. The molecule has 0 saturated carbocycles. The van der Waals surface area contributed by atoms with Crippen LogP contribution in [0, 0.1) is 5.92 Å². The van der Waals surface area contributed by atoms with Gasteiger partial charge in [0.2, 0.25) is 5.91 Å². The van der Waals surface area contributed by atoms with Gasteiger partial charge in [-0.3, -0.25) is 14.4 Å². The van der Waals surface area contributed by atoms with Crippen molar-refractivity contribution in [3.05, 3.63) is 124 Å². The van der Waals surface area contributed by atoms with Crippen LogP contribution in [0.2, 0.25) is 0 Å². The fourth-order valence-corrected chi connectivity index (χ4v) is 7.30. The molecule has 0 bridgehead atoms. The number of rotatable bonds is 6. The zero-order valence-electron chi connectivity index (χ0n) is 23.4. The monoisotopic (exact) mass is 634 g/mol. The molecule has 1 amide bonds. The second-order valence-corrected chi connectivity index (χ2v) is 11.8. The van der Waals surface area contributed by atoms with E-state index in [0.29, 0.717) is 33.9 Å². The minimum absolute atomic E-state index is 0.284. The summed E-state index contributed by atoms with van der Waals surface area (Å²) in [4.78, 5) is 46.2. The number of halogens is 1. The molecule has 3 aliphatic heterocycles. The lowest BCUT2D eigenvalue weighted by molar-refractivity contribution is -0.121. The summed E-state index contributed by atoms with van der Waals surface area (Å²) in [5.74, 6) is -1.06. The normalized spacial score (nSPS) is 22.9. The number of methoxy groups -OCH3 is 2. The molecule has 4 aromatic carbocycles. The van der Waals surface area contributed by atoms with Crippen LogP contribution < -0.4 is 19.7 Å². The Morgan fingerprint density at radius 1 is 0.837 bits per heavy atom. The topological polar surface area (TPSA) is 84.9 Å². The number of ether oxygens (including phenoxy) is 2. The van der Waals surface area contributed by atoms with E-state index in [0.717, 1.165) is 15.7 Å². The Morgan fingerprint density at radius 2 is 1.51 bits per heavy atom. The Labute approximate surface area is 257 Å². The van der Waals surface area contributed by atoms with E-state index in [1.807, 2.05) is 65.6 Å². The van der Waals surface area contributed by atoms with Crippen molar-refractivity contribution in [2.24, 2.45) is 5.92 Å². The molecule has 0 aromatic heterocycles. The Kier molecular flexibility index (Phi) is 6.47. The zero-order chi connectivity index (χ0) is 29.9. The molecule has 1 spiro atoms. The Hall–Kier alpha value is -4.69. The summed E-state index contributed by atoms with van der Waals surface area (Å²) < 4.78 is 11.8. The first-order valence-corrected chi connectivity index (χ1v) is 14.7. The predicted molar refractivity (Wildman–Crippen MR) is 168 cm³/mol. The predicted octanol–water partition coefficient (Wildman–Crippen LogP) is 6.32. The summed E-state index contributed by atoms with van der Waals surface area (Å²) >= 11 is 3.46. The van der Waals surface area contributed by atoms with E-state index in [1.54, 1.807) is 42.5 Å². The fourth-order valence-electron chi connectivity index (χ4n) is 7.03. The first kappa shape index (κ1) is 27.2. The molecule has 0 unspecified atom stereocenters. The first-order valence-electron chi connectivity index (χ1n) is 13.9. The van der Waals surface area contributed by atoms with Crippen LogP contribution in [0.15, 0.2) is 102 Å². The number of ketones is 2. The molecule has 43 heavy (non-hydrogen) atoms. The third-order valence-corrected chi connectivity index (χ3v) is 9.39. The zero-order valence-corrected chi connectivity index (χ0v) is 25.0. The molecule has 1 N–H and O–H groups in total. The Bertz CT molecular complexity index is 1810. The van der Waals surface area contributed by atoms with Gasteiger partial charge in [0, 0.05) is 33.0 Å². The standard InChI is InChI=1S/C35H27BrN2O5/c1-42-24-17-22(18-25(19-24)43-2)33(40)31-30(32(39)21-11-14-23(36)15-12-21)35(26-8-4-5-9-27(26)37-34(35)41)29-16-13-20-7-3-6-10-28(20)38(29)31/h3-19,29-31H,1-2H3,(H,37,41)/t29-,30-,31+,35+/m1/s1. The van der Waals surface area contributed by atoms with Crippen LogP contribution >= 0.6 is 15.9 Å². The van der Waals surface area contributed by atoms with Gasteiger partial charge in [-0.1, -0.05) is 76.6 Å². The fraction of sp³-hybridized carbons (Fsp3) is 0.171. The highest BCUT2D eigenvalue weighted by Gasteiger charge is 2.70. The number of nitrogens with zero attached hydrogens (tertiary/aromatic N) is 1. The second-order valence-electron chi connectivity index (χ2n) is 10.9. The molecule has 4 aromatic rings. The summed E-state index contributed by atoms with van der Waals surface area (Å²) in [6, 6.07) is 25.6. The van der Waals surface area contributed by atoms with Crippen LogP contribution in [0.25, 0.3) is 6.08 Å².